The molecular weight excluding hydrogens is 636 g/mol. The normalized spacial score (nSPS) is 21.6. The second-order valence-electron chi connectivity index (χ2n) is 10.7. The molecule has 4 atom stereocenters. The van der Waals surface area contributed by atoms with Gasteiger partial charge in [0.15, 0.2) is 20.7 Å². The molecule has 4 rings (SSSR count). The predicted octanol–water partition coefficient (Wildman–Crippen LogP) is 6.20. The number of fused-ring (bicyclic) bond motifs is 1. The second kappa shape index (κ2) is 11.9. The molecule has 1 N–H and O–H groups in total. The average molecular weight is 668 g/mol. The van der Waals surface area contributed by atoms with E-state index in [1.807, 2.05) is 6.07 Å². The Morgan fingerprint density at radius 2 is 2.03 bits per heavy atom. The van der Waals surface area contributed by atoms with E-state index in [0.29, 0.717) is 26.0 Å². The van der Waals surface area contributed by atoms with Crippen LogP contribution in [0.25, 0.3) is 21.5 Å². The lowest BCUT2D eigenvalue weighted by Gasteiger charge is -2.37. The Morgan fingerprint density at radius 1 is 1.31 bits per heavy atom. The third-order valence-electron chi connectivity index (χ3n) is 7.17. The number of ether oxygens (including phenoxy) is 2. The van der Waals surface area contributed by atoms with Crippen LogP contribution in [0.1, 0.15) is 37.4 Å². The van der Waals surface area contributed by atoms with Crippen LogP contribution in [-0.2, 0) is 13.9 Å². The summed E-state index contributed by atoms with van der Waals surface area (Å²) in [5.74, 6) is -0.0200. The summed E-state index contributed by atoms with van der Waals surface area (Å²) in [6.45, 7) is 10.3. The number of benzene rings is 1. The summed E-state index contributed by atoms with van der Waals surface area (Å²) in [5, 5.41) is 6.75. The number of hydrogen-bond acceptors (Lipinski definition) is 7. The number of nitrogens with one attached hydrogen (secondary N) is 1. The van der Waals surface area contributed by atoms with Crippen LogP contribution in [0.5, 0.6) is 0 Å². The van der Waals surface area contributed by atoms with Crippen molar-refractivity contribution in [2.45, 2.75) is 63.5 Å². The third-order valence-corrected chi connectivity index (χ3v) is 12.5. The molecule has 0 aliphatic carbocycles. The largest absolute Gasteiger partial charge is 0.414 e. The van der Waals surface area contributed by atoms with Gasteiger partial charge in [0.1, 0.15) is 36.7 Å². The highest BCUT2D eigenvalue weighted by Gasteiger charge is 2.49. The molecule has 2 aromatic heterocycles. The number of alkyl halides is 1. The number of rotatable bonds is 9. The second-order valence-corrected chi connectivity index (χ2v) is 16.7. The van der Waals surface area contributed by atoms with Crippen molar-refractivity contribution in [3.05, 3.63) is 62.4 Å². The Bertz CT molecular complexity index is 1380. The number of carbonyl (C=O) groups is 1. The van der Waals surface area contributed by atoms with E-state index < -0.39 is 32.9 Å². The summed E-state index contributed by atoms with van der Waals surface area (Å²) in [6, 6.07) is 8.77. The number of nitrogens with zero attached hydrogens (tertiary/aromatic N) is 6. The molecule has 208 valence electrons. The maximum atomic E-state index is 16.0. The van der Waals surface area contributed by atoms with Crippen molar-refractivity contribution in [2.24, 2.45) is 5.11 Å². The van der Waals surface area contributed by atoms with Crippen molar-refractivity contribution in [2.75, 3.05) is 18.7 Å². The molecule has 0 bridgehead atoms. The average Bonchev–Trinajstić information content (AvgIpc) is 3.39. The van der Waals surface area contributed by atoms with Crippen LogP contribution in [0.2, 0.25) is 18.1 Å². The first-order valence-electron chi connectivity index (χ1n) is 12.4. The number of carbonyl (C=O) groups excluding carboxylic acids is 1. The smallest absolute Gasteiger partial charge is 0.256 e. The molecule has 0 spiro atoms. The van der Waals surface area contributed by atoms with Crippen molar-refractivity contribution in [3.8, 4) is 0 Å². The van der Waals surface area contributed by atoms with E-state index in [1.165, 1.54) is 6.33 Å². The molecule has 39 heavy (non-hydrogen) atoms. The van der Waals surface area contributed by atoms with E-state index in [0.717, 1.165) is 0 Å². The van der Waals surface area contributed by atoms with Gasteiger partial charge in [-0.15, -0.1) is 0 Å². The van der Waals surface area contributed by atoms with Crippen LogP contribution in [0.15, 0.2) is 48.0 Å². The van der Waals surface area contributed by atoms with Gasteiger partial charge < -0.3 is 23.8 Å². The van der Waals surface area contributed by atoms with E-state index in [4.69, 9.17) is 19.4 Å². The van der Waals surface area contributed by atoms with Gasteiger partial charge in [0.05, 0.1) is 12.0 Å². The molecule has 3 aromatic rings. The monoisotopic (exact) mass is 667 g/mol. The van der Waals surface area contributed by atoms with Gasteiger partial charge in [-0.05, 0) is 58.4 Å². The number of azide groups is 1. The van der Waals surface area contributed by atoms with Crippen LogP contribution in [0.4, 0.5) is 10.2 Å². The highest BCUT2D eigenvalue weighted by molar-refractivity contribution is 14.1. The van der Waals surface area contributed by atoms with Crippen LogP contribution < -0.4 is 5.32 Å². The Hall–Kier alpha value is -2.62. The van der Waals surface area contributed by atoms with Crippen molar-refractivity contribution in [3.63, 3.8) is 0 Å². The van der Waals surface area contributed by atoms with Gasteiger partial charge >= 0.3 is 0 Å². The zero-order valence-electron chi connectivity index (χ0n) is 22.3. The molecule has 1 aliphatic heterocycles. The van der Waals surface area contributed by atoms with E-state index in [1.54, 1.807) is 35.0 Å². The number of aromatic nitrogens is 3. The van der Waals surface area contributed by atoms with Crippen molar-refractivity contribution in [1.29, 1.82) is 0 Å². The molecule has 0 unspecified atom stereocenters. The summed E-state index contributed by atoms with van der Waals surface area (Å²) in [4.78, 5) is 24.1. The number of anilines is 1. The minimum absolute atomic E-state index is 0.0498. The first kappa shape index (κ1) is 29.4. The lowest BCUT2D eigenvalue weighted by molar-refractivity contribution is -0.0568. The van der Waals surface area contributed by atoms with Crippen LogP contribution in [0.3, 0.4) is 0 Å². The van der Waals surface area contributed by atoms with Gasteiger partial charge in [-0.2, -0.15) is 0 Å². The van der Waals surface area contributed by atoms with Gasteiger partial charge in [-0.1, -0.05) is 44.1 Å². The molecular formula is C25H31FIN7O4Si. The zero-order valence-corrected chi connectivity index (χ0v) is 25.5. The Balaban J connectivity index is 1.63. The topological polar surface area (TPSA) is 136 Å². The molecule has 1 fully saturated rings. The molecule has 1 saturated heterocycles. The standard InChI is InChI=1S/C25H31FIN7O4Si/c1-25(2,3)39(4,5)37-12-17-20(36-14-31-33-28)19(26)24(38-17)34-11-16(27)18-21(29-13-30-22(18)34)32-23(35)15-9-7-6-8-10-15/h6-11,13,17,19-20,24H,12,14H2,1-5H3,(H,29,30,32,35)/t17-,19-,20-,24-/m1/s1. The maximum absolute atomic E-state index is 16.0. The molecule has 14 heteroatoms. The lowest BCUT2D eigenvalue weighted by atomic mass is 10.1. The van der Waals surface area contributed by atoms with Crippen LogP contribution in [-0.4, -0.2) is 60.5 Å². The van der Waals surface area contributed by atoms with Crippen LogP contribution in [0, 0.1) is 3.57 Å². The molecule has 11 nitrogen and oxygen atoms in total. The van der Waals surface area contributed by atoms with E-state index in [9.17, 15) is 4.79 Å². The Morgan fingerprint density at radius 3 is 2.69 bits per heavy atom. The fourth-order valence-corrected chi connectivity index (χ4v) is 5.81. The summed E-state index contributed by atoms with van der Waals surface area (Å²) < 4.78 is 36.4. The summed E-state index contributed by atoms with van der Waals surface area (Å²) >= 11 is 2.10. The van der Waals surface area contributed by atoms with Gasteiger partial charge in [0, 0.05) is 20.2 Å². The van der Waals surface area contributed by atoms with Crippen molar-refractivity contribution < 1.29 is 23.1 Å². The van der Waals surface area contributed by atoms with Gasteiger partial charge in [0.25, 0.3) is 5.91 Å². The van der Waals surface area contributed by atoms with Gasteiger partial charge in [0.2, 0.25) is 0 Å². The summed E-state index contributed by atoms with van der Waals surface area (Å²) in [7, 11) is -2.16. The third kappa shape index (κ3) is 6.25. The van der Waals surface area contributed by atoms with Crippen molar-refractivity contribution in [1.82, 2.24) is 14.5 Å². The quantitative estimate of drug-likeness (QED) is 0.0950. The molecule has 0 saturated carbocycles. The summed E-state index contributed by atoms with van der Waals surface area (Å²) in [5.41, 5.74) is 9.54. The minimum atomic E-state index is -2.16. The van der Waals surface area contributed by atoms with Gasteiger partial charge in [-0.25, -0.2) is 14.4 Å². The van der Waals surface area contributed by atoms with Gasteiger partial charge in [-0.3, -0.25) is 4.79 Å². The molecule has 0 radical (unpaired) electrons. The minimum Gasteiger partial charge on any atom is -0.414 e. The Kier molecular flexibility index (Phi) is 8.93. The molecule has 1 amide bonds. The van der Waals surface area contributed by atoms with Crippen molar-refractivity contribution >= 4 is 53.7 Å². The zero-order chi connectivity index (χ0) is 28.4. The van der Waals surface area contributed by atoms with E-state index in [-0.39, 0.29) is 24.3 Å². The first-order valence-corrected chi connectivity index (χ1v) is 16.4. The molecule has 3 heterocycles. The Labute approximate surface area is 240 Å². The molecule has 1 aromatic carbocycles. The fourth-order valence-electron chi connectivity index (χ4n) is 4.00. The SMILES string of the molecule is CC(C)(C)[Si](C)(C)OC[C@H]1O[C@@H](n2cc(I)c3c(NC(=O)c4ccccc4)ncnc32)[C@H](F)[C@@H]1OCN=[N+]=[N-]. The van der Waals surface area contributed by atoms with E-state index >= 15 is 4.39 Å². The molecule has 1 aliphatic rings. The van der Waals surface area contributed by atoms with E-state index in [2.05, 4.69) is 81.8 Å². The highest BCUT2D eigenvalue weighted by Crippen LogP contribution is 2.41. The number of hydrogen-bond donors (Lipinski definition) is 1. The summed E-state index contributed by atoms with van der Waals surface area (Å²) in [6.07, 6.45) is -1.47. The highest BCUT2D eigenvalue weighted by atomic mass is 127. The number of halogens is 2. The maximum Gasteiger partial charge on any atom is 0.256 e. The first-order chi connectivity index (χ1) is 18.4. The predicted molar refractivity (Wildman–Crippen MR) is 155 cm³/mol. The van der Waals surface area contributed by atoms with Crippen LogP contribution >= 0.6 is 22.6 Å². The lowest BCUT2D eigenvalue weighted by Crippen LogP contribution is -2.44. The fraction of sp³-hybridized carbons (Fsp3) is 0.480. The number of amides is 1.